The number of alkyl halides is 3. The molecule has 0 amide bonds. The number of esters is 1. The zero-order chi connectivity index (χ0) is 18.2. The van der Waals surface area contributed by atoms with Crippen molar-refractivity contribution in [2.45, 2.75) is 26.1 Å². The van der Waals surface area contributed by atoms with Crippen LogP contribution in [-0.4, -0.2) is 22.0 Å². The molecule has 0 aliphatic carbocycles. The van der Waals surface area contributed by atoms with Gasteiger partial charge in [-0.15, -0.1) is 0 Å². The van der Waals surface area contributed by atoms with Crippen molar-refractivity contribution in [1.29, 1.82) is 0 Å². The molecule has 0 aliphatic heterocycles. The summed E-state index contributed by atoms with van der Waals surface area (Å²) in [6.07, 6.45) is -4.62. The highest BCUT2D eigenvalue weighted by Crippen LogP contribution is 2.31. The fourth-order valence-electron chi connectivity index (χ4n) is 2.37. The molecule has 3 aromatic rings. The largest absolute Gasteiger partial charge is 0.459 e. The lowest BCUT2D eigenvalue weighted by Crippen LogP contribution is -2.11. The van der Waals surface area contributed by atoms with E-state index in [-0.39, 0.29) is 6.10 Å². The number of imidazole rings is 1. The van der Waals surface area contributed by atoms with E-state index in [0.717, 1.165) is 12.1 Å². The molecule has 0 fully saturated rings. The van der Waals surface area contributed by atoms with Crippen molar-refractivity contribution in [3.63, 3.8) is 0 Å². The molecule has 3 rings (SSSR count). The van der Waals surface area contributed by atoms with E-state index in [4.69, 9.17) is 4.74 Å². The number of ether oxygens (including phenoxy) is 1. The van der Waals surface area contributed by atoms with Gasteiger partial charge in [-0.2, -0.15) is 13.2 Å². The van der Waals surface area contributed by atoms with E-state index in [9.17, 15) is 18.0 Å². The minimum atomic E-state index is -4.40. The molecule has 0 bridgehead atoms. The topological polar surface area (TPSA) is 55.0 Å². The zero-order valence-corrected chi connectivity index (χ0v) is 13.5. The van der Waals surface area contributed by atoms with Gasteiger partial charge >= 0.3 is 12.1 Å². The molecule has 25 heavy (non-hydrogen) atoms. The van der Waals surface area contributed by atoms with E-state index in [1.165, 1.54) is 6.07 Å². The van der Waals surface area contributed by atoms with Crippen molar-refractivity contribution in [3.05, 3.63) is 53.6 Å². The van der Waals surface area contributed by atoms with Crippen molar-refractivity contribution >= 4 is 17.0 Å². The molecule has 0 radical (unpaired) electrons. The molecule has 0 unspecified atom stereocenters. The zero-order valence-electron chi connectivity index (χ0n) is 13.5. The summed E-state index contributed by atoms with van der Waals surface area (Å²) < 4.78 is 43.4. The Bertz CT molecular complexity index is 912. The Balaban J connectivity index is 1.90. The van der Waals surface area contributed by atoms with Gasteiger partial charge in [-0.25, -0.2) is 9.78 Å². The van der Waals surface area contributed by atoms with Gasteiger partial charge in [0, 0.05) is 5.56 Å². The molecule has 0 saturated carbocycles. The molecule has 130 valence electrons. The average Bonchev–Trinajstić information content (AvgIpc) is 2.96. The number of hydrogen-bond acceptors (Lipinski definition) is 3. The lowest BCUT2D eigenvalue weighted by Gasteiger charge is -2.07. The van der Waals surface area contributed by atoms with E-state index in [1.54, 1.807) is 38.1 Å². The molecule has 2 aromatic carbocycles. The number of hydrogen-bond donors (Lipinski definition) is 1. The first-order chi connectivity index (χ1) is 11.7. The van der Waals surface area contributed by atoms with Crippen LogP contribution < -0.4 is 0 Å². The molecular weight excluding hydrogens is 333 g/mol. The van der Waals surface area contributed by atoms with E-state index in [0.29, 0.717) is 28.0 Å². The van der Waals surface area contributed by atoms with Crippen LogP contribution in [-0.2, 0) is 10.9 Å². The number of aromatic nitrogens is 2. The number of carbonyl (C=O) groups excluding carboxylic acids is 1. The standard InChI is InChI=1S/C18H15F3N2O2/c1-10(2)25-17(24)12-5-3-11(4-6-12)16-22-14-8-7-13(18(19,20)21)9-15(14)23-16/h3-10H,1-2H3,(H,22,23). The van der Waals surface area contributed by atoms with Crippen LogP contribution in [0.4, 0.5) is 13.2 Å². The maximum absolute atomic E-state index is 12.8. The molecule has 7 heteroatoms. The van der Waals surface area contributed by atoms with Gasteiger partial charge in [-0.3, -0.25) is 0 Å². The highest BCUT2D eigenvalue weighted by Gasteiger charge is 2.30. The Morgan fingerprint density at radius 2 is 1.80 bits per heavy atom. The third-order valence-electron chi connectivity index (χ3n) is 3.55. The highest BCUT2D eigenvalue weighted by molar-refractivity contribution is 5.90. The number of fused-ring (bicyclic) bond motifs is 1. The summed E-state index contributed by atoms with van der Waals surface area (Å²) >= 11 is 0. The lowest BCUT2D eigenvalue weighted by molar-refractivity contribution is -0.137. The van der Waals surface area contributed by atoms with Crippen LogP contribution in [0.2, 0.25) is 0 Å². The van der Waals surface area contributed by atoms with Crippen molar-refractivity contribution in [2.75, 3.05) is 0 Å². The Morgan fingerprint density at radius 1 is 1.12 bits per heavy atom. The second-order valence-corrected chi connectivity index (χ2v) is 5.85. The summed E-state index contributed by atoms with van der Waals surface area (Å²) in [7, 11) is 0. The second kappa shape index (κ2) is 6.23. The first-order valence-corrected chi connectivity index (χ1v) is 7.62. The predicted molar refractivity (Wildman–Crippen MR) is 87.1 cm³/mol. The number of nitrogens with zero attached hydrogens (tertiary/aromatic N) is 1. The van der Waals surface area contributed by atoms with Gasteiger partial charge in [-0.1, -0.05) is 12.1 Å². The summed E-state index contributed by atoms with van der Waals surface area (Å²) in [6.45, 7) is 3.52. The van der Waals surface area contributed by atoms with Gasteiger partial charge in [-0.05, 0) is 44.2 Å². The fraction of sp³-hybridized carbons (Fsp3) is 0.222. The van der Waals surface area contributed by atoms with Crippen LogP contribution in [0.25, 0.3) is 22.4 Å². The van der Waals surface area contributed by atoms with Crippen LogP contribution in [0.5, 0.6) is 0 Å². The average molecular weight is 348 g/mol. The third-order valence-corrected chi connectivity index (χ3v) is 3.55. The number of rotatable bonds is 3. The van der Waals surface area contributed by atoms with Crippen molar-refractivity contribution in [3.8, 4) is 11.4 Å². The first kappa shape index (κ1) is 17.0. The van der Waals surface area contributed by atoms with Crippen molar-refractivity contribution < 1.29 is 22.7 Å². The minimum Gasteiger partial charge on any atom is -0.459 e. The van der Waals surface area contributed by atoms with Gasteiger partial charge in [0.1, 0.15) is 5.82 Å². The Labute approximate surface area is 141 Å². The smallest absolute Gasteiger partial charge is 0.416 e. The first-order valence-electron chi connectivity index (χ1n) is 7.62. The van der Waals surface area contributed by atoms with E-state index in [1.807, 2.05) is 0 Å². The van der Waals surface area contributed by atoms with Gasteiger partial charge in [0.15, 0.2) is 0 Å². The van der Waals surface area contributed by atoms with Crippen LogP contribution >= 0.6 is 0 Å². The number of aromatic amines is 1. The molecule has 0 saturated heterocycles. The van der Waals surface area contributed by atoms with Crippen LogP contribution in [0, 0.1) is 0 Å². The molecule has 0 aliphatic rings. The molecular formula is C18H15F3N2O2. The molecule has 0 spiro atoms. The SMILES string of the molecule is CC(C)OC(=O)c1ccc(-c2nc3ccc(C(F)(F)F)cc3[nH]2)cc1. The fourth-order valence-corrected chi connectivity index (χ4v) is 2.37. The van der Waals surface area contributed by atoms with Crippen molar-refractivity contribution in [2.24, 2.45) is 0 Å². The predicted octanol–water partition coefficient (Wildman–Crippen LogP) is 4.81. The molecule has 0 atom stereocenters. The summed E-state index contributed by atoms with van der Waals surface area (Å²) in [5.41, 5.74) is 1.06. The van der Waals surface area contributed by atoms with E-state index < -0.39 is 17.7 Å². The minimum absolute atomic E-state index is 0.217. The Morgan fingerprint density at radius 3 is 2.40 bits per heavy atom. The maximum atomic E-state index is 12.8. The highest BCUT2D eigenvalue weighted by atomic mass is 19.4. The van der Waals surface area contributed by atoms with Crippen LogP contribution in [0.1, 0.15) is 29.8 Å². The molecule has 1 heterocycles. The van der Waals surface area contributed by atoms with Crippen LogP contribution in [0.3, 0.4) is 0 Å². The van der Waals surface area contributed by atoms with Crippen LogP contribution in [0.15, 0.2) is 42.5 Å². The van der Waals surface area contributed by atoms with Gasteiger partial charge in [0.2, 0.25) is 0 Å². The quantitative estimate of drug-likeness (QED) is 0.691. The number of halogens is 3. The number of H-pyrrole nitrogens is 1. The monoisotopic (exact) mass is 348 g/mol. The van der Waals surface area contributed by atoms with Gasteiger partial charge in [0.25, 0.3) is 0 Å². The summed E-state index contributed by atoms with van der Waals surface area (Å²) in [5.74, 6) is -0.000855. The second-order valence-electron chi connectivity index (χ2n) is 5.85. The van der Waals surface area contributed by atoms with E-state index in [2.05, 4.69) is 9.97 Å². The summed E-state index contributed by atoms with van der Waals surface area (Å²) in [6, 6.07) is 9.87. The summed E-state index contributed by atoms with van der Waals surface area (Å²) in [5, 5.41) is 0. The molecule has 1 N–H and O–H groups in total. The molecule has 4 nitrogen and oxygen atoms in total. The van der Waals surface area contributed by atoms with Gasteiger partial charge in [0.05, 0.1) is 28.3 Å². The van der Waals surface area contributed by atoms with Gasteiger partial charge < -0.3 is 9.72 Å². The number of nitrogens with one attached hydrogen (secondary N) is 1. The van der Waals surface area contributed by atoms with Crippen molar-refractivity contribution in [1.82, 2.24) is 9.97 Å². The normalized spacial score (nSPS) is 11.9. The number of carbonyl (C=O) groups is 1. The maximum Gasteiger partial charge on any atom is 0.416 e. The lowest BCUT2D eigenvalue weighted by atomic mass is 10.1. The van der Waals surface area contributed by atoms with E-state index >= 15 is 0 Å². The Hall–Kier alpha value is -2.83. The Kier molecular flexibility index (Phi) is 4.24. The summed E-state index contributed by atoms with van der Waals surface area (Å²) in [4.78, 5) is 19.0. The number of benzene rings is 2. The third kappa shape index (κ3) is 3.65. The molecule has 1 aromatic heterocycles.